The first kappa shape index (κ1) is 21.9. The number of halogens is 4. The lowest BCUT2D eigenvalue weighted by Crippen LogP contribution is -2.22. The maximum atomic E-state index is 13.4. The van der Waals surface area contributed by atoms with E-state index >= 15 is 0 Å². The average molecular weight is 481 g/mol. The van der Waals surface area contributed by atoms with Crippen molar-refractivity contribution in [2.45, 2.75) is 32.5 Å². The van der Waals surface area contributed by atoms with Gasteiger partial charge in [-0.15, -0.1) is 0 Å². The fraction of sp³-hybridized carbons (Fsp3) is 0.238. The molecule has 0 aliphatic carbocycles. The van der Waals surface area contributed by atoms with Crippen LogP contribution in [-0.2, 0) is 6.18 Å². The second-order valence-electron chi connectivity index (χ2n) is 7.45. The summed E-state index contributed by atoms with van der Waals surface area (Å²) >= 11 is 3.33. The van der Waals surface area contributed by atoms with Crippen LogP contribution in [0.15, 0.2) is 59.2 Å². The van der Waals surface area contributed by atoms with E-state index < -0.39 is 11.7 Å². The van der Waals surface area contributed by atoms with E-state index in [4.69, 9.17) is 4.74 Å². The van der Waals surface area contributed by atoms with Gasteiger partial charge in [0.1, 0.15) is 22.7 Å². The number of anilines is 4. The van der Waals surface area contributed by atoms with Gasteiger partial charge in [0, 0.05) is 22.0 Å². The van der Waals surface area contributed by atoms with Gasteiger partial charge >= 0.3 is 6.18 Å². The fourth-order valence-corrected chi connectivity index (χ4v) is 2.77. The number of hydrogen-bond acceptors (Lipinski definition) is 5. The predicted molar refractivity (Wildman–Crippen MR) is 115 cm³/mol. The maximum absolute atomic E-state index is 13.4. The lowest BCUT2D eigenvalue weighted by molar-refractivity contribution is -0.137. The lowest BCUT2D eigenvalue weighted by atomic mass is 10.2. The van der Waals surface area contributed by atoms with Crippen LogP contribution in [0.1, 0.15) is 26.3 Å². The zero-order valence-electron chi connectivity index (χ0n) is 16.5. The van der Waals surface area contributed by atoms with Crippen LogP contribution in [0.2, 0.25) is 0 Å². The second-order valence-corrected chi connectivity index (χ2v) is 8.37. The summed E-state index contributed by atoms with van der Waals surface area (Å²) in [5, 5.41) is 5.63. The molecule has 0 saturated carbocycles. The monoisotopic (exact) mass is 480 g/mol. The molecule has 0 spiro atoms. The summed E-state index contributed by atoms with van der Waals surface area (Å²) in [7, 11) is 0. The van der Waals surface area contributed by atoms with Gasteiger partial charge in [0.25, 0.3) is 0 Å². The molecule has 2 aromatic carbocycles. The van der Waals surface area contributed by atoms with Gasteiger partial charge in [0.05, 0.1) is 0 Å². The summed E-state index contributed by atoms with van der Waals surface area (Å²) in [4.78, 5) is 7.84. The van der Waals surface area contributed by atoms with E-state index in [9.17, 15) is 13.2 Å². The maximum Gasteiger partial charge on any atom is 0.421 e. The molecule has 3 rings (SSSR count). The van der Waals surface area contributed by atoms with Gasteiger partial charge in [-0.05, 0) is 69.3 Å². The fourth-order valence-electron chi connectivity index (χ4n) is 2.50. The molecule has 0 bridgehead atoms. The Hall–Kier alpha value is -2.81. The van der Waals surface area contributed by atoms with Crippen molar-refractivity contribution in [2.24, 2.45) is 0 Å². The molecule has 0 aliphatic heterocycles. The minimum Gasteiger partial charge on any atom is -0.488 e. The van der Waals surface area contributed by atoms with Crippen LogP contribution in [0.5, 0.6) is 5.75 Å². The van der Waals surface area contributed by atoms with E-state index in [1.807, 2.05) is 20.8 Å². The third-order valence-electron chi connectivity index (χ3n) is 3.74. The molecule has 3 aromatic rings. The molecular weight excluding hydrogens is 461 g/mol. The summed E-state index contributed by atoms with van der Waals surface area (Å²) < 4.78 is 46.9. The second kappa shape index (κ2) is 8.51. The molecule has 1 aromatic heterocycles. The number of rotatable bonds is 5. The molecule has 0 fully saturated rings. The molecule has 0 aliphatic rings. The Morgan fingerprint density at radius 2 is 1.43 bits per heavy atom. The summed E-state index contributed by atoms with van der Waals surface area (Å²) in [5.74, 6) is 0.312. The number of benzene rings is 2. The third-order valence-corrected chi connectivity index (χ3v) is 4.26. The first-order valence-corrected chi connectivity index (χ1v) is 9.82. The molecular formula is C21H20BrF3N4O. The molecule has 0 unspecified atom stereocenters. The zero-order valence-corrected chi connectivity index (χ0v) is 18.1. The van der Waals surface area contributed by atoms with Crippen molar-refractivity contribution in [3.8, 4) is 5.75 Å². The highest BCUT2D eigenvalue weighted by molar-refractivity contribution is 9.10. The minimum absolute atomic E-state index is 0.0421. The molecule has 158 valence electrons. The van der Waals surface area contributed by atoms with E-state index in [1.54, 1.807) is 48.5 Å². The van der Waals surface area contributed by atoms with Crippen LogP contribution in [0.3, 0.4) is 0 Å². The van der Waals surface area contributed by atoms with Crippen LogP contribution < -0.4 is 15.4 Å². The lowest BCUT2D eigenvalue weighted by Gasteiger charge is -2.21. The minimum atomic E-state index is -4.60. The largest absolute Gasteiger partial charge is 0.488 e. The SMILES string of the molecule is CC(C)(C)Oc1ccc(Nc2nc(Nc3ccc(Br)cc3)ncc2C(F)(F)F)cc1. The van der Waals surface area contributed by atoms with E-state index in [-0.39, 0.29) is 17.4 Å². The van der Waals surface area contributed by atoms with Crippen LogP contribution in [0.4, 0.5) is 36.3 Å². The van der Waals surface area contributed by atoms with Crippen LogP contribution in [0.25, 0.3) is 0 Å². The number of nitrogens with one attached hydrogen (secondary N) is 2. The number of ether oxygens (including phenoxy) is 1. The Kier molecular flexibility index (Phi) is 6.21. The van der Waals surface area contributed by atoms with Crippen molar-refractivity contribution >= 4 is 39.1 Å². The van der Waals surface area contributed by atoms with Gasteiger partial charge in [-0.1, -0.05) is 15.9 Å². The van der Waals surface area contributed by atoms with Gasteiger partial charge < -0.3 is 15.4 Å². The number of nitrogens with zero attached hydrogens (tertiary/aromatic N) is 2. The third kappa shape index (κ3) is 6.09. The first-order valence-electron chi connectivity index (χ1n) is 9.02. The predicted octanol–water partition coefficient (Wildman–Crippen LogP) is 6.92. The van der Waals surface area contributed by atoms with E-state index in [1.165, 1.54) is 0 Å². The Morgan fingerprint density at radius 1 is 0.867 bits per heavy atom. The van der Waals surface area contributed by atoms with Crippen molar-refractivity contribution in [1.29, 1.82) is 0 Å². The quantitative estimate of drug-likeness (QED) is 0.414. The number of hydrogen-bond donors (Lipinski definition) is 2. The van der Waals surface area contributed by atoms with Crippen LogP contribution in [-0.4, -0.2) is 15.6 Å². The number of alkyl halides is 3. The Morgan fingerprint density at radius 3 is 2.00 bits per heavy atom. The average Bonchev–Trinajstić information content (AvgIpc) is 2.63. The number of aromatic nitrogens is 2. The highest BCUT2D eigenvalue weighted by Crippen LogP contribution is 2.35. The van der Waals surface area contributed by atoms with Crippen molar-refractivity contribution < 1.29 is 17.9 Å². The van der Waals surface area contributed by atoms with E-state index in [0.717, 1.165) is 10.7 Å². The molecule has 0 amide bonds. The highest BCUT2D eigenvalue weighted by atomic mass is 79.9. The van der Waals surface area contributed by atoms with Gasteiger partial charge in [-0.3, -0.25) is 0 Å². The van der Waals surface area contributed by atoms with Crippen LogP contribution >= 0.6 is 15.9 Å². The molecule has 0 atom stereocenters. The van der Waals surface area contributed by atoms with E-state index in [0.29, 0.717) is 17.1 Å². The molecule has 5 nitrogen and oxygen atoms in total. The van der Waals surface area contributed by atoms with Gasteiger partial charge in [-0.25, -0.2) is 4.98 Å². The normalized spacial score (nSPS) is 11.8. The van der Waals surface area contributed by atoms with Crippen molar-refractivity contribution in [2.75, 3.05) is 10.6 Å². The van der Waals surface area contributed by atoms with Crippen molar-refractivity contribution in [1.82, 2.24) is 9.97 Å². The van der Waals surface area contributed by atoms with Crippen molar-refractivity contribution in [3.63, 3.8) is 0 Å². The standard InChI is InChI=1S/C21H20BrF3N4O/c1-20(2,3)30-16-10-8-14(9-11-16)27-18-17(21(23,24)25)12-26-19(29-18)28-15-6-4-13(22)5-7-15/h4-12H,1-3H3,(H2,26,27,28,29). The molecule has 1 heterocycles. The summed E-state index contributed by atoms with van der Waals surface area (Å²) in [6.07, 6.45) is -3.85. The van der Waals surface area contributed by atoms with E-state index in [2.05, 4.69) is 36.5 Å². The summed E-state index contributed by atoms with van der Waals surface area (Å²) in [6.45, 7) is 5.74. The van der Waals surface area contributed by atoms with Gasteiger partial charge in [0.2, 0.25) is 5.95 Å². The molecule has 2 N–H and O–H groups in total. The molecule has 9 heteroatoms. The Balaban J connectivity index is 1.86. The first-order chi connectivity index (χ1) is 14.0. The van der Waals surface area contributed by atoms with Gasteiger partial charge in [-0.2, -0.15) is 18.2 Å². The Labute approximate surface area is 180 Å². The van der Waals surface area contributed by atoms with Crippen LogP contribution in [0, 0.1) is 0 Å². The summed E-state index contributed by atoms with van der Waals surface area (Å²) in [6, 6.07) is 13.7. The molecule has 0 saturated heterocycles. The Bertz CT molecular complexity index is 1000. The topological polar surface area (TPSA) is 59.1 Å². The smallest absolute Gasteiger partial charge is 0.421 e. The van der Waals surface area contributed by atoms with Crippen molar-refractivity contribution in [3.05, 3.63) is 64.8 Å². The molecule has 0 radical (unpaired) electrons. The molecule has 30 heavy (non-hydrogen) atoms. The highest BCUT2D eigenvalue weighted by Gasteiger charge is 2.35. The zero-order chi connectivity index (χ0) is 21.9. The summed E-state index contributed by atoms with van der Waals surface area (Å²) in [5.41, 5.74) is -0.250. The van der Waals surface area contributed by atoms with Gasteiger partial charge in [0.15, 0.2) is 0 Å².